The van der Waals surface area contributed by atoms with E-state index < -0.39 is 0 Å². The number of aromatic nitrogens is 1. The van der Waals surface area contributed by atoms with Gasteiger partial charge >= 0.3 is 0 Å². The Balaban J connectivity index is 2.13. The first kappa shape index (κ1) is 17.2. The minimum atomic E-state index is 0.602. The molecule has 4 rings (SSSR count). The summed E-state index contributed by atoms with van der Waals surface area (Å²) in [5, 5.41) is 2.16. The van der Waals surface area contributed by atoms with Crippen LogP contribution in [-0.4, -0.2) is 0 Å². The van der Waals surface area contributed by atoms with Crippen molar-refractivity contribution in [2.75, 3.05) is 0 Å². The monoisotopic (exact) mass is 367 g/mol. The molecule has 0 unspecified atom stereocenters. The molecule has 0 spiro atoms. The maximum atomic E-state index is 8.84. The Morgan fingerprint density at radius 3 is 2.21 bits per heavy atom. The van der Waals surface area contributed by atoms with Gasteiger partial charge < -0.3 is 0 Å². The predicted octanol–water partition coefficient (Wildman–Crippen LogP) is 6.54. The summed E-state index contributed by atoms with van der Waals surface area (Å²) in [4.78, 5) is 0. The molecule has 0 aliphatic rings. The van der Waals surface area contributed by atoms with Crippen molar-refractivity contribution in [1.82, 2.24) is 0 Å². The van der Waals surface area contributed by atoms with Gasteiger partial charge in [0.05, 0.1) is 12.3 Å². The molecule has 3 aromatic carbocycles. The lowest BCUT2D eigenvalue weighted by Crippen LogP contribution is -2.35. The van der Waals surface area contributed by atoms with E-state index in [0.29, 0.717) is 6.04 Å². The van der Waals surface area contributed by atoms with E-state index >= 15 is 0 Å². The quantitative estimate of drug-likeness (QED) is 0.354. The Morgan fingerprint density at radius 2 is 1.50 bits per heavy atom. The highest BCUT2D eigenvalue weighted by Crippen LogP contribution is 2.35. The van der Waals surface area contributed by atoms with Gasteiger partial charge in [-0.2, -0.15) is 4.57 Å². The van der Waals surface area contributed by atoms with E-state index in [-0.39, 0.29) is 0 Å². The number of benzene rings is 3. The molecule has 1 heteroatoms. The zero-order chi connectivity index (χ0) is 20.9. The molecule has 0 fully saturated rings. The minimum absolute atomic E-state index is 0.602. The molecule has 0 radical (unpaired) electrons. The van der Waals surface area contributed by atoms with Crippen LogP contribution >= 0.6 is 0 Å². The van der Waals surface area contributed by atoms with Crippen molar-refractivity contribution >= 4 is 10.8 Å². The number of fused-ring (bicyclic) bond motifs is 1. The predicted molar refractivity (Wildman–Crippen MR) is 120 cm³/mol. The second kappa shape index (κ2) is 6.91. The summed E-state index contributed by atoms with van der Waals surface area (Å²) in [6, 6.07) is 20.1. The van der Waals surface area contributed by atoms with E-state index in [9.17, 15) is 0 Å². The summed E-state index contributed by atoms with van der Waals surface area (Å²) in [6.07, 6.45) is 0. The Hall–Kier alpha value is -2.93. The SMILES string of the molecule is [2H]c1c(C)[n+](C)c(-c2cc(C)cc(C)c2C)c2cc(C)c(-c3ccccc3)cc12. The van der Waals surface area contributed by atoms with Crippen molar-refractivity contribution in [1.29, 1.82) is 0 Å². The molecule has 140 valence electrons. The minimum Gasteiger partial charge on any atom is -0.198 e. The van der Waals surface area contributed by atoms with Gasteiger partial charge in [0.25, 0.3) is 0 Å². The zero-order valence-electron chi connectivity index (χ0n) is 18.6. The summed E-state index contributed by atoms with van der Waals surface area (Å²) in [5.74, 6) is 0. The van der Waals surface area contributed by atoms with Gasteiger partial charge in [0.15, 0.2) is 5.69 Å². The third-order valence-corrected chi connectivity index (χ3v) is 5.93. The second-order valence-electron chi connectivity index (χ2n) is 7.95. The molecule has 0 aliphatic carbocycles. The summed E-state index contributed by atoms with van der Waals surface area (Å²) in [6.45, 7) is 10.8. The summed E-state index contributed by atoms with van der Waals surface area (Å²) < 4.78 is 11.0. The fourth-order valence-electron chi connectivity index (χ4n) is 4.17. The maximum absolute atomic E-state index is 8.84. The Morgan fingerprint density at radius 1 is 0.786 bits per heavy atom. The molecule has 0 N–H and O–H groups in total. The molecular formula is C27H28N+. The highest BCUT2D eigenvalue weighted by molar-refractivity contribution is 5.97. The topological polar surface area (TPSA) is 3.88 Å². The van der Waals surface area contributed by atoms with Crippen LogP contribution in [0.1, 0.15) is 29.3 Å². The third kappa shape index (κ3) is 3.01. The van der Waals surface area contributed by atoms with Gasteiger partial charge in [-0.05, 0) is 79.1 Å². The maximum Gasteiger partial charge on any atom is 0.220 e. The standard InChI is InChI=1S/C27H28N/c1-17-12-18(2)21(5)25(13-17)27-26-14-19(3)24(22-10-8-7-9-11-22)16-23(26)15-20(4)28(27)6/h7-16H,1-6H3/q+1/i15D. The van der Waals surface area contributed by atoms with Crippen molar-refractivity contribution in [3.05, 3.63) is 88.6 Å². The summed E-state index contributed by atoms with van der Waals surface area (Å²) in [7, 11) is 2.08. The Kier molecular flexibility index (Phi) is 4.24. The van der Waals surface area contributed by atoms with Gasteiger partial charge in [-0.25, -0.2) is 0 Å². The van der Waals surface area contributed by atoms with Crippen LogP contribution < -0.4 is 4.57 Å². The van der Waals surface area contributed by atoms with E-state index in [4.69, 9.17) is 1.37 Å². The number of rotatable bonds is 2. The lowest BCUT2D eigenvalue weighted by Gasteiger charge is -2.15. The largest absolute Gasteiger partial charge is 0.220 e. The van der Waals surface area contributed by atoms with Crippen LogP contribution in [0.3, 0.4) is 0 Å². The first-order chi connectivity index (χ1) is 13.8. The van der Waals surface area contributed by atoms with Gasteiger partial charge in [-0.15, -0.1) is 0 Å². The van der Waals surface area contributed by atoms with Crippen LogP contribution in [0.5, 0.6) is 0 Å². The van der Waals surface area contributed by atoms with Crippen LogP contribution in [0, 0.1) is 34.6 Å². The molecule has 0 atom stereocenters. The van der Waals surface area contributed by atoms with E-state index in [1.807, 2.05) is 13.0 Å². The van der Waals surface area contributed by atoms with E-state index in [1.54, 1.807) is 0 Å². The number of aryl methyl sites for hydroxylation is 3. The fourth-order valence-corrected chi connectivity index (χ4v) is 4.17. The first-order valence-corrected chi connectivity index (χ1v) is 9.86. The van der Waals surface area contributed by atoms with Crippen LogP contribution in [0.4, 0.5) is 0 Å². The first-order valence-electron chi connectivity index (χ1n) is 10.4. The van der Waals surface area contributed by atoms with Crippen molar-refractivity contribution in [2.24, 2.45) is 7.05 Å². The number of hydrogen-bond donors (Lipinski definition) is 0. The molecule has 1 nitrogen and oxygen atoms in total. The number of nitrogens with zero attached hydrogens (tertiary/aromatic N) is 1. The smallest absolute Gasteiger partial charge is 0.198 e. The molecule has 1 heterocycles. The van der Waals surface area contributed by atoms with Gasteiger partial charge in [-0.3, -0.25) is 0 Å². The second-order valence-corrected chi connectivity index (χ2v) is 7.95. The molecular weight excluding hydrogens is 338 g/mol. The van der Waals surface area contributed by atoms with Crippen molar-refractivity contribution in [3.8, 4) is 22.4 Å². The molecule has 28 heavy (non-hydrogen) atoms. The highest BCUT2D eigenvalue weighted by atomic mass is 14.9. The van der Waals surface area contributed by atoms with Gasteiger partial charge in [0, 0.05) is 13.0 Å². The fraction of sp³-hybridized carbons (Fsp3) is 0.222. The third-order valence-electron chi connectivity index (χ3n) is 5.93. The Bertz CT molecular complexity index is 1250. The lowest BCUT2D eigenvalue weighted by atomic mass is 9.91. The average Bonchev–Trinajstić information content (AvgIpc) is 2.70. The lowest BCUT2D eigenvalue weighted by molar-refractivity contribution is -0.665. The van der Waals surface area contributed by atoms with E-state index in [1.165, 1.54) is 44.6 Å². The van der Waals surface area contributed by atoms with Crippen LogP contribution in [0.15, 0.2) is 60.6 Å². The molecule has 0 bridgehead atoms. The van der Waals surface area contributed by atoms with Crippen LogP contribution in [0.25, 0.3) is 33.2 Å². The summed E-state index contributed by atoms with van der Waals surface area (Å²) in [5.41, 5.74) is 10.9. The van der Waals surface area contributed by atoms with Gasteiger partial charge in [0.2, 0.25) is 5.69 Å². The zero-order valence-corrected chi connectivity index (χ0v) is 17.6. The van der Waals surface area contributed by atoms with Crippen molar-refractivity contribution in [2.45, 2.75) is 34.6 Å². The normalized spacial score (nSPS) is 11.7. The van der Waals surface area contributed by atoms with Crippen molar-refractivity contribution in [3.63, 3.8) is 0 Å². The summed E-state index contributed by atoms with van der Waals surface area (Å²) >= 11 is 0. The van der Waals surface area contributed by atoms with Gasteiger partial charge in [0.1, 0.15) is 7.05 Å². The Labute approximate surface area is 169 Å². The van der Waals surface area contributed by atoms with Crippen LogP contribution in [0.2, 0.25) is 0 Å². The highest BCUT2D eigenvalue weighted by Gasteiger charge is 2.21. The van der Waals surface area contributed by atoms with Crippen LogP contribution in [-0.2, 0) is 7.05 Å². The molecule has 1 aromatic heterocycles. The molecule has 0 saturated heterocycles. The number of pyridine rings is 1. The molecule has 0 aliphatic heterocycles. The van der Waals surface area contributed by atoms with Crippen molar-refractivity contribution < 1.29 is 5.94 Å². The molecule has 0 saturated carbocycles. The van der Waals surface area contributed by atoms with Gasteiger partial charge in [-0.1, -0.05) is 42.0 Å². The molecule has 0 amide bonds. The molecule has 4 aromatic rings. The number of hydrogen-bond acceptors (Lipinski definition) is 0. The average molecular weight is 368 g/mol. The van der Waals surface area contributed by atoms with E-state index in [0.717, 1.165) is 16.5 Å². The van der Waals surface area contributed by atoms with E-state index in [2.05, 4.69) is 87.8 Å².